The van der Waals surface area contributed by atoms with Crippen LogP contribution in [-0.2, 0) is 33.3 Å². The summed E-state index contributed by atoms with van der Waals surface area (Å²) in [6.45, 7) is 53.5. The van der Waals surface area contributed by atoms with E-state index in [0.29, 0.717) is 47.2 Å². The Balaban J connectivity index is -0.000000147. The Morgan fingerprint density at radius 1 is 0.368 bits per heavy atom. The predicted octanol–water partition coefficient (Wildman–Crippen LogP) is 31.9. The van der Waals surface area contributed by atoms with Crippen LogP contribution in [0.5, 0.6) is 40.2 Å². The molecule has 17 nitrogen and oxygen atoms in total. The summed E-state index contributed by atoms with van der Waals surface area (Å²) in [6.07, 6.45) is 14.3. The maximum atomic E-state index is 12.8. The third kappa shape index (κ3) is 41.1. The summed E-state index contributed by atoms with van der Waals surface area (Å²) < 4.78 is 43.1. The number of hydrogen-bond donors (Lipinski definition) is 4. The van der Waals surface area contributed by atoms with Crippen LogP contribution >= 0.6 is 0 Å². The number of carbonyl (C=O) groups excluding carboxylic acids is 5. The lowest BCUT2D eigenvalue weighted by molar-refractivity contribution is -0.231. The zero-order chi connectivity index (χ0) is 80.0. The average Bonchev–Trinajstić information content (AvgIpc) is 0.941. The Labute approximate surface area is 720 Å². The molecular formula is C100H186O17. The van der Waals surface area contributed by atoms with Gasteiger partial charge in [-0.2, -0.15) is 0 Å². The molecule has 0 amide bonds. The van der Waals surface area contributed by atoms with Gasteiger partial charge < -0.3 is 58.3 Å². The predicted molar refractivity (Wildman–Crippen MR) is 500 cm³/mol. The Kier molecular flexibility index (Phi) is 63.7. The molecule has 4 aromatic carbocycles. The second-order valence-electron chi connectivity index (χ2n) is 34.7. The SMILES string of the molecule is C.C.C.C.C.C.C.C.C.C.C.C.CCC(C)(C)C(=O)OC1(C(C)C)C2CC3CC(C2)CC1C3.CCC(C)(C)C(=O)OC1(C(C)C)CCCC1.CCC(C)c1ccc(O)c(O)c1.CCC(C)c1ccc(O)cc1.CCC(C)c1ccc(OC(=O)OC(C)(C)C)c(O)c1.CCC(C)c1ccc(OC(=O)OC(C)(C)C)c(OC(=O)OC(C)(C)C)c1. The lowest BCUT2D eigenvalue weighted by Gasteiger charge is -2.62. The van der Waals surface area contributed by atoms with Gasteiger partial charge in [-0.15, -0.1) is 0 Å². The first-order valence-corrected chi connectivity index (χ1v) is 39.0. The van der Waals surface area contributed by atoms with Gasteiger partial charge in [0.1, 0.15) is 33.8 Å². The minimum atomic E-state index is -0.872. The monoisotopic (exact) mass is 1660 g/mol. The molecule has 4 aromatic rings. The van der Waals surface area contributed by atoms with Crippen LogP contribution in [0.15, 0.2) is 78.9 Å². The Hall–Kier alpha value is -7.17. The molecule has 4 bridgehead atoms. The molecule has 4 unspecified atom stereocenters. The Morgan fingerprint density at radius 3 is 1.00 bits per heavy atom. The highest BCUT2D eigenvalue weighted by Gasteiger charge is 2.61. The van der Waals surface area contributed by atoms with E-state index in [1.54, 1.807) is 105 Å². The maximum Gasteiger partial charge on any atom is 0.514 e. The first-order chi connectivity index (χ1) is 48.5. The van der Waals surface area contributed by atoms with Crippen molar-refractivity contribution in [1.29, 1.82) is 0 Å². The van der Waals surface area contributed by atoms with E-state index in [9.17, 15) is 34.2 Å². The molecule has 0 spiro atoms. The molecule has 117 heavy (non-hydrogen) atoms. The van der Waals surface area contributed by atoms with E-state index in [1.807, 2.05) is 65.0 Å². The van der Waals surface area contributed by atoms with Gasteiger partial charge in [0.05, 0.1) is 10.8 Å². The molecule has 0 saturated heterocycles. The van der Waals surface area contributed by atoms with Gasteiger partial charge in [-0.05, 0) is 316 Å². The van der Waals surface area contributed by atoms with Crippen LogP contribution in [0.2, 0.25) is 0 Å². The van der Waals surface area contributed by atoms with Crippen LogP contribution in [0.4, 0.5) is 14.4 Å². The van der Waals surface area contributed by atoms with Gasteiger partial charge in [-0.3, -0.25) is 9.59 Å². The molecule has 0 radical (unpaired) electrons. The number of phenolic OH excluding ortho intramolecular Hbond substituents is 4. The van der Waals surface area contributed by atoms with E-state index in [2.05, 4.69) is 90.0 Å². The number of rotatable bonds is 19. The number of aromatic hydroxyl groups is 4. The largest absolute Gasteiger partial charge is 0.514 e. The topological polar surface area (TPSA) is 240 Å². The molecule has 5 fully saturated rings. The molecule has 4 atom stereocenters. The third-order valence-electron chi connectivity index (χ3n) is 21.6. The van der Waals surface area contributed by atoms with Gasteiger partial charge in [-0.1, -0.05) is 216 Å². The van der Waals surface area contributed by atoms with E-state index in [-0.39, 0.29) is 164 Å². The van der Waals surface area contributed by atoms with Crippen molar-refractivity contribution < 1.29 is 82.3 Å². The molecule has 5 aliphatic carbocycles. The molecule has 688 valence electrons. The highest BCUT2D eigenvalue weighted by atomic mass is 16.8. The van der Waals surface area contributed by atoms with Crippen molar-refractivity contribution in [3.05, 3.63) is 101 Å². The van der Waals surface area contributed by atoms with Crippen molar-refractivity contribution in [2.45, 2.75) is 424 Å². The summed E-state index contributed by atoms with van der Waals surface area (Å²) in [7, 11) is 0. The minimum absolute atomic E-state index is 0. The molecule has 9 rings (SSSR count). The van der Waals surface area contributed by atoms with Crippen LogP contribution in [-0.4, -0.2) is 78.8 Å². The van der Waals surface area contributed by atoms with Crippen molar-refractivity contribution >= 4 is 30.4 Å². The molecular weight excluding hydrogens is 1470 g/mol. The van der Waals surface area contributed by atoms with Crippen molar-refractivity contribution in [3.63, 3.8) is 0 Å². The number of ether oxygens (including phenoxy) is 8. The van der Waals surface area contributed by atoms with Gasteiger partial charge in [0.15, 0.2) is 34.5 Å². The van der Waals surface area contributed by atoms with Crippen molar-refractivity contribution in [3.8, 4) is 40.2 Å². The third-order valence-corrected chi connectivity index (χ3v) is 21.6. The summed E-state index contributed by atoms with van der Waals surface area (Å²) in [5.74, 6) is 6.08. The fourth-order valence-electron chi connectivity index (χ4n) is 13.4. The van der Waals surface area contributed by atoms with E-state index < -0.39 is 35.3 Å². The van der Waals surface area contributed by atoms with E-state index in [1.165, 1.54) is 56.6 Å². The lowest BCUT2D eigenvalue weighted by atomic mass is 9.47. The number of benzene rings is 4. The Morgan fingerprint density at radius 2 is 0.675 bits per heavy atom. The van der Waals surface area contributed by atoms with Crippen molar-refractivity contribution in [1.82, 2.24) is 0 Å². The van der Waals surface area contributed by atoms with Crippen LogP contribution < -0.4 is 14.2 Å². The fraction of sp³-hybridized carbons (Fsp3) is 0.710. The van der Waals surface area contributed by atoms with Gasteiger partial charge in [0.2, 0.25) is 0 Å². The number of phenols is 4. The van der Waals surface area contributed by atoms with E-state index in [0.717, 1.165) is 79.9 Å². The van der Waals surface area contributed by atoms with Crippen molar-refractivity contribution in [2.75, 3.05) is 0 Å². The summed E-state index contributed by atoms with van der Waals surface area (Å²) in [5.41, 5.74) is 1.28. The summed E-state index contributed by atoms with van der Waals surface area (Å²) in [6, 6.07) is 22.5. The molecule has 0 aromatic heterocycles. The van der Waals surface area contributed by atoms with Gasteiger partial charge in [0, 0.05) is 0 Å². The Bertz CT molecular complexity index is 3320. The first kappa shape index (κ1) is 131. The van der Waals surface area contributed by atoms with Gasteiger partial charge in [-0.25, -0.2) is 14.4 Å². The second kappa shape index (κ2) is 57.1. The van der Waals surface area contributed by atoms with Gasteiger partial charge >= 0.3 is 30.4 Å². The normalized spacial score (nSPS) is 17.7. The zero-order valence-corrected chi connectivity index (χ0v) is 69.5. The number of esters is 2. The highest BCUT2D eigenvalue weighted by molar-refractivity contribution is 5.77. The number of carbonyl (C=O) groups is 5. The van der Waals surface area contributed by atoms with Crippen molar-refractivity contribution in [2.24, 2.45) is 46.3 Å². The van der Waals surface area contributed by atoms with Crippen LogP contribution in [0.25, 0.3) is 0 Å². The average molecular weight is 1660 g/mol. The molecule has 17 heteroatoms. The first-order valence-electron chi connectivity index (χ1n) is 39.0. The van der Waals surface area contributed by atoms with E-state index >= 15 is 0 Å². The maximum absolute atomic E-state index is 12.8. The summed E-state index contributed by atoms with van der Waals surface area (Å²) in [4.78, 5) is 60.4. The minimum Gasteiger partial charge on any atom is -0.508 e. The van der Waals surface area contributed by atoms with Crippen LogP contribution in [0, 0.1) is 46.3 Å². The fourth-order valence-corrected chi connectivity index (χ4v) is 13.4. The second-order valence-corrected chi connectivity index (χ2v) is 34.7. The standard InChI is InChI=1S/C20H30O6.C19H32O2.C15H22O4.C14H26O2.C10H14O2.C10H14O.12CH4/c1-9-13(2)14-10-11-15(23-17(21)25-19(3,4)5)16(12-14)24-18(22)26-20(6,7)8;1-6-18(4,5)17(20)21-19(12(2)3)15-8-13-7-14(10-15)11-16(19)9-13;1-6-10(2)11-7-8-13(12(16)9-11)18-14(17)19-15(3,4)5;1-6-13(4,5)12(15)16-14(11(2)3)9-7-8-10-14;1-3-7(2)8-4-5-9(11)10(12)6-8;1-3-8(2)9-4-6-10(11)7-5-9;;;;;;;;;;;;/h10-13H,9H2,1-8H3;12-16H,6-11H2,1-5H3;7-10,16H,6H2,1-5H3;11H,6-10H2,1-5H3;4-7,11-12H,3H2,1-2H3;4-8,11H,3H2,1-2H3;12*1H4. The highest BCUT2D eigenvalue weighted by Crippen LogP contribution is 2.62. The van der Waals surface area contributed by atoms with E-state index in [4.69, 9.17) is 48.1 Å². The lowest BCUT2D eigenvalue weighted by Crippen LogP contribution is -2.63. The summed E-state index contributed by atoms with van der Waals surface area (Å²) in [5, 5.41) is 37.1. The molecule has 0 aliphatic heterocycles. The van der Waals surface area contributed by atoms with Crippen LogP contribution in [0.1, 0.15) is 418 Å². The van der Waals surface area contributed by atoms with Crippen LogP contribution in [0.3, 0.4) is 0 Å². The molecule has 5 aliphatic rings. The zero-order valence-electron chi connectivity index (χ0n) is 69.5. The number of hydrogen-bond acceptors (Lipinski definition) is 17. The smallest absolute Gasteiger partial charge is 0.508 e. The van der Waals surface area contributed by atoms with Gasteiger partial charge in [0.25, 0.3) is 0 Å². The molecule has 5 saturated carbocycles. The summed E-state index contributed by atoms with van der Waals surface area (Å²) >= 11 is 0. The molecule has 4 N–H and O–H groups in total. The molecule has 0 heterocycles. The quantitative estimate of drug-likeness (QED) is 0.0295.